The smallest absolute Gasteiger partial charge is 0.307 e. The maximum Gasteiger partial charge on any atom is 0.307 e. The molecular weight excluding hydrogens is 282 g/mol. The minimum atomic E-state index is -0.514. The van der Waals surface area contributed by atoms with Crippen LogP contribution in [0.5, 0.6) is 0 Å². The number of nitro groups is 1. The van der Waals surface area contributed by atoms with E-state index in [0.29, 0.717) is 5.69 Å². The summed E-state index contributed by atoms with van der Waals surface area (Å²) in [6, 6.07) is 5.49. The van der Waals surface area contributed by atoms with E-state index >= 15 is 0 Å². The van der Waals surface area contributed by atoms with Gasteiger partial charge in [0, 0.05) is 28.9 Å². The fourth-order valence-corrected chi connectivity index (χ4v) is 2.34. The van der Waals surface area contributed by atoms with Gasteiger partial charge < -0.3 is 5.32 Å². The first-order valence-corrected chi connectivity index (χ1v) is 6.54. The number of carbonyl (C=O) groups excluding carboxylic acids is 1. The van der Waals surface area contributed by atoms with Gasteiger partial charge in [0.25, 0.3) is 5.69 Å². The van der Waals surface area contributed by atoms with Crippen LogP contribution in [-0.2, 0) is 11.3 Å². The van der Waals surface area contributed by atoms with E-state index in [4.69, 9.17) is 0 Å². The lowest BCUT2D eigenvalue weighted by Crippen LogP contribution is -2.25. The van der Waals surface area contributed by atoms with Crippen molar-refractivity contribution in [1.29, 1.82) is 0 Å². The lowest BCUT2D eigenvalue weighted by Gasteiger charge is -2.06. The average Bonchev–Trinajstić information content (AvgIpc) is 2.71. The van der Waals surface area contributed by atoms with E-state index in [-0.39, 0.29) is 23.0 Å². The van der Waals surface area contributed by atoms with Crippen molar-refractivity contribution in [2.24, 2.45) is 0 Å². The Morgan fingerprint density at radius 1 is 1.40 bits per heavy atom. The Hall–Kier alpha value is -2.48. The molecule has 0 spiro atoms. The van der Waals surface area contributed by atoms with Crippen LogP contribution in [0.15, 0.2) is 34.4 Å². The Morgan fingerprint density at radius 3 is 2.55 bits per heavy atom. The van der Waals surface area contributed by atoms with E-state index < -0.39 is 4.92 Å². The molecule has 0 aliphatic carbocycles. The van der Waals surface area contributed by atoms with Crippen LogP contribution in [0.2, 0.25) is 0 Å². The van der Waals surface area contributed by atoms with Crippen LogP contribution in [0.4, 0.5) is 11.4 Å². The summed E-state index contributed by atoms with van der Waals surface area (Å²) < 4.78 is 1.37. The number of aryl methyl sites for hydroxylation is 1. The quantitative estimate of drug-likeness (QED) is 0.686. The van der Waals surface area contributed by atoms with Gasteiger partial charge in [0.15, 0.2) is 0 Å². The van der Waals surface area contributed by atoms with Gasteiger partial charge in [-0.25, -0.2) is 0 Å². The summed E-state index contributed by atoms with van der Waals surface area (Å²) in [5.74, 6) is -0.359. The first kappa shape index (κ1) is 13.9. The van der Waals surface area contributed by atoms with Gasteiger partial charge in [0.2, 0.25) is 5.91 Å². The number of carbonyl (C=O) groups is 1. The highest BCUT2D eigenvalue weighted by atomic mass is 32.1. The van der Waals surface area contributed by atoms with Crippen molar-refractivity contribution in [3.63, 3.8) is 0 Å². The molecule has 0 unspecified atom stereocenters. The maximum atomic E-state index is 11.8. The number of aromatic nitrogens is 1. The SMILES string of the molecule is Cc1csc(=O)n1CC(=O)Nc1ccc([N+](=O)[O-])cc1. The van der Waals surface area contributed by atoms with E-state index in [2.05, 4.69) is 5.32 Å². The van der Waals surface area contributed by atoms with Crippen molar-refractivity contribution in [2.75, 3.05) is 5.32 Å². The molecule has 0 aliphatic rings. The summed E-state index contributed by atoms with van der Waals surface area (Å²) in [6.45, 7) is 1.67. The summed E-state index contributed by atoms with van der Waals surface area (Å²) >= 11 is 1.04. The molecule has 2 aromatic rings. The summed E-state index contributed by atoms with van der Waals surface area (Å²) in [7, 11) is 0. The number of thiazole rings is 1. The van der Waals surface area contributed by atoms with Gasteiger partial charge in [-0.15, -0.1) is 0 Å². The molecule has 8 heteroatoms. The highest BCUT2D eigenvalue weighted by molar-refractivity contribution is 7.07. The molecule has 0 radical (unpaired) electrons. The molecule has 0 bridgehead atoms. The predicted octanol–water partition coefficient (Wildman–Crippen LogP) is 1.77. The van der Waals surface area contributed by atoms with Crippen LogP contribution in [0.1, 0.15) is 5.69 Å². The third-order valence-electron chi connectivity index (χ3n) is 2.64. The Morgan fingerprint density at radius 2 is 2.05 bits per heavy atom. The Kier molecular flexibility index (Phi) is 3.94. The zero-order chi connectivity index (χ0) is 14.7. The summed E-state index contributed by atoms with van der Waals surface area (Å²) in [4.78, 5) is 33.1. The number of hydrogen-bond donors (Lipinski definition) is 1. The molecule has 0 aliphatic heterocycles. The Balaban J connectivity index is 2.05. The highest BCUT2D eigenvalue weighted by Crippen LogP contribution is 2.15. The number of anilines is 1. The molecule has 0 saturated heterocycles. The van der Waals surface area contributed by atoms with Crippen molar-refractivity contribution >= 4 is 28.6 Å². The van der Waals surface area contributed by atoms with Gasteiger partial charge >= 0.3 is 4.87 Å². The molecule has 2 rings (SSSR count). The number of hydrogen-bond acceptors (Lipinski definition) is 5. The third-order valence-corrected chi connectivity index (χ3v) is 3.52. The molecule has 7 nitrogen and oxygen atoms in total. The molecule has 20 heavy (non-hydrogen) atoms. The number of amides is 1. The van der Waals surface area contributed by atoms with Gasteiger partial charge in [0.05, 0.1) is 4.92 Å². The van der Waals surface area contributed by atoms with E-state index in [1.165, 1.54) is 28.8 Å². The second-order valence-corrected chi connectivity index (χ2v) is 4.90. The number of nitro benzene ring substituents is 1. The molecule has 0 saturated carbocycles. The van der Waals surface area contributed by atoms with Gasteiger partial charge in [-0.1, -0.05) is 11.3 Å². The van der Waals surface area contributed by atoms with Crippen LogP contribution in [0.3, 0.4) is 0 Å². The number of benzene rings is 1. The van der Waals surface area contributed by atoms with Crippen molar-refractivity contribution in [2.45, 2.75) is 13.5 Å². The molecule has 1 heterocycles. The fraction of sp³-hybridized carbons (Fsp3) is 0.167. The van der Waals surface area contributed by atoms with Crippen molar-refractivity contribution in [3.8, 4) is 0 Å². The van der Waals surface area contributed by atoms with Gasteiger partial charge in [-0.2, -0.15) is 0 Å². The summed E-state index contributed by atoms with van der Waals surface area (Å²) in [5, 5.41) is 14.8. The molecule has 1 N–H and O–H groups in total. The van der Waals surface area contributed by atoms with Crippen molar-refractivity contribution < 1.29 is 9.72 Å². The third kappa shape index (κ3) is 3.09. The van der Waals surface area contributed by atoms with Crippen LogP contribution < -0.4 is 10.2 Å². The topological polar surface area (TPSA) is 94.2 Å². The predicted molar refractivity (Wildman–Crippen MR) is 75.0 cm³/mol. The standard InChI is InChI=1S/C12H11N3O4S/c1-8-7-20-12(17)14(8)6-11(16)13-9-2-4-10(5-3-9)15(18)19/h2-5,7H,6H2,1H3,(H,13,16). The van der Waals surface area contributed by atoms with Crippen LogP contribution in [-0.4, -0.2) is 15.4 Å². The van der Waals surface area contributed by atoms with Crippen LogP contribution >= 0.6 is 11.3 Å². The molecule has 0 atom stereocenters. The molecule has 0 fully saturated rings. The van der Waals surface area contributed by atoms with Gasteiger partial charge in [-0.05, 0) is 19.1 Å². The van der Waals surface area contributed by atoms with Gasteiger partial charge in [-0.3, -0.25) is 24.3 Å². The summed E-state index contributed by atoms with van der Waals surface area (Å²) in [6.07, 6.45) is 0. The number of non-ortho nitro benzene ring substituents is 1. The van der Waals surface area contributed by atoms with Crippen LogP contribution in [0, 0.1) is 17.0 Å². The lowest BCUT2D eigenvalue weighted by atomic mass is 10.3. The summed E-state index contributed by atoms with van der Waals surface area (Å²) in [5.41, 5.74) is 1.12. The lowest BCUT2D eigenvalue weighted by molar-refractivity contribution is -0.384. The van der Waals surface area contributed by atoms with E-state index in [9.17, 15) is 19.7 Å². The van der Waals surface area contributed by atoms with Crippen LogP contribution in [0.25, 0.3) is 0 Å². The van der Waals surface area contributed by atoms with Crippen molar-refractivity contribution in [1.82, 2.24) is 4.57 Å². The van der Waals surface area contributed by atoms with Crippen molar-refractivity contribution in [3.05, 3.63) is 55.1 Å². The fourth-order valence-electron chi connectivity index (χ4n) is 1.61. The second-order valence-electron chi connectivity index (χ2n) is 4.08. The second kappa shape index (κ2) is 5.66. The largest absolute Gasteiger partial charge is 0.325 e. The maximum absolute atomic E-state index is 11.8. The number of nitrogens with one attached hydrogen (secondary N) is 1. The average molecular weight is 293 g/mol. The normalized spacial score (nSPS) is 10.2. The zero-order valence-electron chi connectivity index (χ0n) is 10.5. The number of rotatable bonds is 4. The van der Waals surface area contributed by atoms with E-state index in [0.717, 1.165) is 17.0 Å². The Bertz CT molecular complexity index is 702. The Labute approximate surface area is 117 Å². The number of nitrogens with zero attached hydrogens (tertiary/aromatic N) is 2. The van der Waals surface area contributed by atoms with E-state index in [1.54, 1.807) is 12.3 Å². The zero-order valence-corrected chi connectivity index (χ0v) is 11.3. The van der Waals surface area contributed by atoms with E-state index in [1.807, 2.05) is 0 Å². The highest BCUT2D eigenvalue weighted by Gasteiger charge is 2.10. The minimum absolute atomic E-state index is 0.0482. The van der Waals surface area contributed by atoms with Gasteiger partial charge in [0.1, 0.15) is 6.54 Å². The molecule has 1 amide bonds. The monoisotopic (exact) mass is 293 g/mol. The molecule has 104 valence electrons. The first-order chi connectivity index (χ1) is 9.47. The minimum Gasteiger partial charge on any atom is -0.325 e. The molecule has 1 aromatic heterocycles. The molecular formula is C12H11N3O4S. The first-order valence-electron chi connectivity index (χ1n) is 5.66. The molecule has 1 aromatic carbocycles.